The molecular weight excluding hydrogens is 276 g/mol. The van der Waals surface area contributed by atoms with Gasteiger partial charge in [0.05, 0.1) is 6.10 Å². The van der Waals surface area contributed by atoms with E-state index in [0.29, 0.717) is 0 Å². The van der Waals surface area contributed by atoms with Crippen LogP contribution in [0.1, 0.15) is 16.7 Å². The Bertz CT molecular complexity index is 732. The molecule has 0 unspecified atom stereocenters. The third-order valence-corrected chi connectivity index (χ3v) is 4.37. The highest BCUT2D eigenvalue weighted by Gasteiger charge is 2.24. The van der Waals surface area contributed by atoms with Gasteiger partial charge < -0.3 is 9.67 Å². The van der Waals surface area contributed by atoms with Crippen LogP contribution in [0.4, 0.5) is 0 Å². The van der Waals surface area contributed by atoms with Crippen molar-refractivity contribution in [2.45, 2.75) is 26.5 Å². The molecule has 1 aliphatic heterocycles. The van der Waals surface area contributed by atoms with Crippen molar-refractivity contribution in [3.63, 3.8) is 0 Å². The summed E-state index contributed by atoms with van der Waals surface area (Å²) in [6.45, 7) is 6.38. The van der Waals surface area contributed by atoms with Crippen LogP contribution >= 0.6 is 0 Å². The average Bonchev–Trinajstić information content (AvgIpc) is 2.44. The second kappa shape index (κ2) is 5.71. The van der Waals surface area contributed by atoms with Gasteiger partial charge in [0.15, 0.2) is 0 Å². The summed E-state index contributed by atoms with van der Waals surface area (Å²) in [5, 5.41) is 9.36. The van der Waals surface area contributed by atoms with Gasteiger partial charge in [-0.25, -0.2) is 0 Å². The van der Waals surface area contributed by atoms with Gasteiger partial charge in [0, 0.05) is 38.4 Å². The van der Waals surface area contributed by atoms with Gasteiger partial charge in [-0.05, 0) is 42.2 Å². The molecule has 1 aliphatic rings. The Hall–Kier alpha value is -1.91. The molecule has 0 saturated carbocycles. The number of likely N-dealkylation sites (tertiary alicyclic amines) is 1. The van der Waals surface area contributed by atoms with Crippen LogP contribution in [0.5, 0.6) is 0 Å². The van der Waals surface area contributed by atoms with Crippen molar-refractivity contribution < 1.29 is 5.11 Å². The maximum atomic E-state index is 11.8. The van der Waals surface area contributed by atoms with Crippen LogP contribution in [0.3, 0.4) is 0 Å². The highest BCUT2D eigenvalue weighted by molar-refractivity contribution is 5.64. The zero-order valence-corrected chi connectivity index (χ0v) is 13.3. The molecule has 1 saturated heterocycles. The Morgan fingerprint density at radius 3 is 2.41 bits per heavy atom. The maximum Gasteiger partial charge on any atom is 0.253 e. The van der Waals surface area contributed by atoms with E-state index in [9.17, 15) is 9.90 Å². The fourth-order valence-corrected chi connectivity index (χ4v) is 3.00. The van der Waals surface area contributed by atoms with E-state index < -0.39 is 0 Å². The van der Waals surface area contributed by atoms with Gasteiger partial charge in [-0.3, -0.25) is 9.69 Å². The summed E-state index contributed by atoms with van der Waals surface area (Å²) < 4.78 is 1.63. The Morgan fingerprint density at radius 1 is 1.14 bits per heavy atom. The summed E-state index contributed by atoms with van der Waals surface area (Å²) in [5.74, 6) is 0. The summed E-state index contributed by atoms with van der Waals surface area (Å²) in [4.78, 5) is 14.0. The van der Waals surface area contributed by atoms with E-state index in [2.05, 4.69) is 30.0 Å². The number of aryl methyl sites for hydroxylation is 3. The molecule has 3 rings (SSSR count). The number of aliphatic hydroxyl groups excluding tert-OH is 1. The number of benzene rings is 1. The molecule has 1 fully saturated rings. The normalized spacial score (nSPS) is 15.8. The quantitative estimate of drug-likeness (QED) is 0.940. The monoisotopic (exact) mass is 298 g/mol. The van der Waals surface area contributed by atoms with E-state index in [1.54, 1.807) is 11.6 Å². The zero-order valence-electron chi connectivity index (χ0n) is 13.3. The van der Waals surface area contributed by atoms with Crippen LogP contribution in [0.15, 0.2) is 35.3 Å². The van der Waals surface area contributed by atoms with Crippen LogP contribution < -0.4 is 5.56 Å². The lowest BCUT2D eigenvalue weighted by molar-refractivity contribution is -0.00296. The largest absolute Gasteiger partial charge is 0.390 e. The first-order valence-corrected chi connectivity index (χ1v) is 7.61. The summed E-state index contributed by atoms with van der Waals surface area (Å²) in [7, 11) is 1.79. The van der Waals surface area contributed by atoms with Crippen LogP contribution in [-0.2, 0) is 13.6 Å². The minimum atomic E-state index is -0.159. The van der Waals surface area contributed by atoms with Gasteiger partial charge in [0.2, 0.25) is 0 Å². The molecule has 0 radical (unpaired) electrons. The number of hydrogen-bond donors (Lipinski definition) is 1. The molecule has 4 heteroatoms. The molecule has 1 N–H and O–H groups in total. The summed E-state index contributed by atoms with van der Waals surface area (Å²) >= 11 is 0. The second-order valence-electron chi connectivity index (χ2n) is 6.32. The number of aromatic nitrogens is 1. The van der Waals surface area contributed by atoms with E-state index in [1.807, 2.05) is 19.2 Å². The van der Waals surface area contributed by atoms with Gasteiger partial charge in [-0.1, -0.05) is 18.2 Å². The molecule has 1 aromatic carbocycles. The predicted molar refractivity (Wildman–Crippen MR) is 87.9 cm³/mol. The average molecular weight is 298 g/mol. The molecule has 0 atom stereocenters. The molecule has 116 valence electrons. The van der Waals surface area contributed by atoms with Gasteiger partial charge in [0.1, 0.15) is 0 Å². The van der Waals surface area contributed by atoms with Crippen molar-refractivity contribution in [2.75, 3.05) is 13.1 Å². The molecule has 0 spiro atoms. The number of hydrogen-bond acceptors (Lipinski definition) is 3. The number of pyridine rings is 1. The van der Waals surface area contributed by atoms with Crippen molar-refractivity contribution in [1.82, 2.24) is 9.47 Å². The third-order valence-electron chi connectivity index (χ3n) is 4.37. The van der Waals surface area contributed by atoms with Crippen LogP contribution in [-0.4, -0.2) is 33.8 Å². The lowest BCUT2D eigenvalue weighted by atomic mass is 9.99. The van der Waals surface area contributed by atoms with Crippen molar-refractivity contribution in [1.29, 1.82) is 0 Å². The molecule has 22 heavy (non-hydrogen) atoms. The molecule has 0 bridgehead atoms. The Balaban J connectivity index is 1.87. The Morgan fingerprint density at radius 2 is 1.82 bits per heavy atom. The molecule has 4 nitrogen and oxygen atoms in total. The van der Waals surface area contributed by atoms with E-state index in [4.69, 9.17) is 0 Å². The first kappa shape index (κ1) is 15.0. The number of rotatable bonds is 3. The van der Waals surface area contributed by atoms with Gasteiger partial charge in [0.25, 0.3) is 5.56 Å². The number of aliphatic hydroxyl groups is 1. The predicted octanol–water partition coefficient (Wildman–Crippen LogP) is 1.85. The molecule has 0 amide bonds. The van der Waals surface area contributed by atoms with Crippen LogP contribution in [0, 0.1) is 13.8 Å². The van der Waals surface area contributed by atoms with Crippen molar-refractivity contribution in [2.24, 2.45) is 7.05 Å². The van der Waals surface area contributed by atoms with Gasteiger partial charge >= 0.3 is 0 Å². The molecule has 0 aliphatic carbocycles. The fourth-order valence-electron chi connectivity index (χ4n) is 3.00. The van der Waals surface area contributed by atoms with Gasteiger partial charge in [-0.15, -0.1) is 0 Å². The van der Waals surface area contributed by atoms with Crippen molar-refractivity contribution >= 4 is 0 Å². The summed E-state index contributed by atoms with van der Waals surface area (Å²) in [6, 6.07) is 8.38. The minimum absolute atomic E-state index is 0.0495. The highest BCUT2D eigenvalue weighted by Crippen LogP contribution is 2.24. The topological polar surface area (TPSA) is 45.5 Å². The lowest BCUT2D eigenvalue weighted by Crippen LogP contribution is -2.49. The number of β-amino-alcohol motifs (C(OH)–C–C–N with tert-alkyl or cyclic N) is 1. The van der Waals surface area contributed by atoms with Crippen molar-refractivity contribution in [3.8, 4) is 11.1 Å². The molecule has 2 aromatic rings. The van der Waals surface area contributed by atoms with Gasteiger partial charge in [-0.2, -0.15) is 0 Å². The van der Waals surface area contributed by atoms with Crippen LogP contribution in [0.2, 0.25) is 0 Å². The Kier molecular flexibility index (Phi) is 3.89. The Labute approximate surface area is 130 Å². The SMILES string of the molecule is Cc1cc(-c2cc(C)c(=O)n(C)c2)ccc1CN1CC(O)C1. The summed E-state index contributed by atoms with van der Waals surface area (Å²) in [6.07, 6.45) is 1.73. The van der Waals surface area contributed by atoms with E-state index in [-0.39, 0.29) is 11.7 Å². The zero-order chi connectivity index (χ0) is 15.9. The maximum absolute atomic E-state index is 11.8. The molecular formula is C18H22N2O2. The van der Waals surface area contributed by atoms with E-state index >= 15 is 0 Å². The summed E-state index contributed by atoms with van der Waals surface area (Å²) in [5.41, 5.74) is 5.53. The fraction of sp³-hybridized carbons (Fsp3) is 0.389. The first-order chi connectivity index (χ1) is 10.4. The van der Waals surface area contributed by atoms with E-state index in [1.165, 1.54) is 11.1 Å². The second-order valence-corrected chi connectivity index (χ2v) is 6.32. The van der Waals surface area contributed by atoms with Crippen LogP contribution in [0.25, 0.3) is 11.1 Å². The molecule has 1 aromatic heterocycles. The lowest BCUT2D eigenvalue weighted by Gasteiger charge is -2.36. The van der Waals surface area contributed by atoms with E-state index in [0.717, 1.165) is 36.3 Å². The molecule has 2 heterocycles. The highest BCUT2D eigenvalue weighted by atomic mass is 16.3. The third kappa shape index (κ3) is 2.85. The standard InChI is InChI=1S/C18H22N2O2/c1-12-6-14(16-7-13(2)18(22)19(3)8-16)4-5-15(12)9-20-10-17(21)11-20/h4-8,17,21H,9-11H2,1-3H3. The smallest absolute Gasteiger partial charge is 0.253 e. The number of nitrogens with zero attached hydrogens (tertiary/aromatic N) is 2. The van der Waals surface area contributed by atoms with Crippen molar-refractivity contribution in [3.05, 3.63) is 57.5 Å². The minimum Gasteiger partial charge on any atom is -0.390 e. The first-order valence-electron chi connectivity index (χ1n) is 7.61.